The molecule has 1 aromatic heterocycles. The van der Waals surface area contributed by atoms with Gasteiger partial charge in [0.15, 0.2) is 0 Å². The lowest BCUT2D eigenvalue weighted by molar-refractivity contribution is 0.602. The molecule has 20 heavy (non-hydrogen) atoms. The number of nitrogens with one attached hydrogen (secondary N) is 1. The van der Waals surface area contributed by atoms with Gasteiger partial charge in [0.1, 0.15) is 5.82 Å². The van der Waals surface area contributed by atoms with Crippen molar-refractivity contribution in [2.75, 3.05) is 19.0 Å². The summed E-state index contributed by atoms with van der Waals surface area (Å²) in [6.07, 6.45) is 0. The van der Waals surface area contributed by atoms with Gasteiger partial charge in [-0.3, -0.25) is 0 Å². The normalized spacial score (nSPS) is 12.4. The third-order valence-corrected chi connectivity index (χ3v) is 4.89. The van der Waals surface area contributed by atoms with Crippen molar-refractivity contribution in [3.63, 3.8) is 0 Å². The van der Waals surface area contributed by atoms with E-state index in [9.17, 15) is 4.39 Å². The lowest BCUT2D eigenvalue weighted by atomic mass is 10.0. The fourth-order valence-electron chi connectivity index (χ4n) is 2.22. The molecule has 0 saturated heterocycles. The molecular weight excluding hydrogens is 339 g/mol. The van der Waals surface area contributed by atoms with E-state index in [1.165, 1.54) is 11.6 Å². The predicted molar refractivity (Wildman–Crippen MR) is 88.0 cm³/mol. The second-order valence-corrected chi connectivity index (χ2v) is 7.09. The van der Waals surface area contributed by atoms with Crippen molar-refractivity contribution in [3.05, 3.63) is 50.4 Å². The van der Waals surface area contributed by atoms with Crippen molar-refractivity contribution in [2.45, 2.75) is 19.5 Å². The summed E-state index contributed by atoms with van der Waals surface area (Å²) < 4.78 is 15.3. The van der Waals surface area contributed by atoms with Crippen LogP contribution in [0.3, 0.4) is 0 Å². The van der Waals surface area contributed by atoms with Crippen LogP contribution >= 0.6 is 27.3 Å². The fraction of sp³-hybridized carbons (Fsp3) is 0.333. The molecule has 1 N–H and O–H groups in total. The first-order valence-corrected chi connectivity index (χ1v) is 8.10. The van der Waals surface area contributed by atoms with Gasteiger partial charge in [-0.15, -0.1) is 11.3 Å². The lowest BCUT2D eigenvalue weighted by Crippen LogP contribution is -2.22. The fourth-order valence-corrected chi connectivity index (χ4v) is 3.42. The molecule has 0 saturated carbocycles. The van der Waals surface area contributed by atoms with Crippen molar-refractivity contribution >= 4 is 33.0 Å². The zero-order chi connectivity index (χ0) is 14.7. The highest BCUT2D eigenvalue weighted by molar-refractivity contribution is 9.11. The Kier molecular flexibility index (Phi) is 5.18. The van der Waals surface area contributed by atoms with Gasteiger partial charge in [0, 0.05) is 19.6 Å². The van der Waals surface area contributed by atoms with Crippen LogP contribution in [0.4, 0.5) is 10.1 Å². The van der Waals surface area contributed by atoms with E-state index < -0.39 is 0 Å². The van der Waals surface area contributed by atoms with Gasteiger partial charge < -0.3 is 10.2 Å². The largest absolute Gasteiger partial charge is 0.368 e. The minimum atomic E-state index is -0.179. The van der Waals surface area contributed by atoms with Crippen LogP contribution in [0.5, 0.6) is 0 Å². The van der Waals surface area contributed by atoms with Crippen molar-refractivity contribution in [3.8, 4) is 0 Å². The average Bonchev–Trinajstić information content (AvgIpc) is 2.82. The number of rotatable bonds is 5. The molecule has 2 aromatic rings. The highest BCUT2D eigenvalue weighted by Crippen LogP contribution is 2.30. The van der Waals surface area contributed by atoms with E-state index >= 15 is 0 Å². The second kappa shape index (κ2) is 6.70. The van der Waals surface area contributed by atoms with Gasteiger partial charge in [0.2, 0.25) is 0 Å². The van der Waals surface area contributed by atoms with E-state index in [1.54, 1.807) is 17.4 Å². The molecule has 0 radical (unpaired) electrons. The third-order valence-electron chi connectivity index (χ3n) is 3.34. The Labute approximate surface area is 131 Å². The minimum absolute atomic E-state index is 0.109. The van der Waals surface area contributed by atoms with Gasteiger partial charge in [-0.25, -0.2) is 4.39 Å². The van der Waals surface area contributed by atoms with Crippen LogP contribution in [0.2, 0.25) is 0 Å². The number of benzene rings is 1. The molecule has 2 nitrogen and oxygen atoms in total. The summed E-state index contributed by atoms with van der Waals surface area (Å²) in [5.41, 5.74) is 2.82. The first-order chi connectivity index (χ1) is 9.52. The molecule has 0 aliphatic carbocycles. The van der Waals surface area contributed by atoms with Crippen molar-refractivity contribution in [1.82, 2.24) is 5.32 Å². The number of para-hydroxylation sites is 1. The molecule has 0 bridgehead atoms. The molecule has 1 heterocycles. The van der Waals surface area contributed by atoms with Crippen molar-refractivity contribution < 1.29 is 4.39 Å². The number of nitrogens with zero attached hydrogens (tertiary/aromatic N) is 1. The zero-order valence-electron chi connectivity index (χ0n) is 11.8. The summed E-state index contributed by atoms with van der Waals surface area (Å²) in [6.45, 7) is 2.72. The van der Waals surface area contributed by atoms with E-state index in [4.69, 9.17) is 0 Å². The van der Waals surface area contributed by atoms with Gasteiger partial charge >= 0.3 is 0 Å². The highest BCUT2D eigenvalue weighted by atomic mass is 79.9. The quantitative estimate of drug-likeness (QED) is 0.844. The number of hydrogen-bond acceptors (Lipinski definition) is 3. The SMILES string of the molecule is CNC(C)c1cccc(F)c1N(C)Cc1csc(Br)c1. The first kappa shape index (κ1) is 15.5. The topological polar surface area (TPSA) is 15.3 Å². The van der Waals surface area contributed by atoms with Crippen LogP contribution in [0.25, 0.3) is 0 Å². The van der Waals surface area contributed by atoms with Crippen LogP contribution < -0.4 is 10.2 Å². The van der Waals surface area contributed by atoms with E-state index in [-0.39, 0.29) is 11.9 Å². The maximum atomic E-state index is 14.2. The van der Waals surface area contributed by atoms with Crippen LogP contribution in [0.1, 0.15) is 24.1 Å². The van der Waals surface area contributed by atoms with Crippen LogP contribution in [0, 0.1) is 5.82 Å². The molecular formula is C15H18BrFN2S. The summed E-state index contributed by atoms with van der Waals surface area (Å²) in [6, 6.07) is 7.43. The molecule has 1 unspecified atom stereocenters. The standard InChI is InChI=1S/C15H18BrFN2S/c1-10(18-2)12-5-4-6-13(17)15(12)19(3)8-11-7-14(16)20-9-11/h4-7,9-10,18H,8H2,1-3H3. The summed E-state index contributed by atoms with van der Waals surface area (Å²) in [5.74, 6) is -0.179. The molecule has 0 aliphatic heterocycles. The van der Waals surface area contributed by atoms with Crippen molar-refractivity contribution in [2.24, 2.45) is 0 Å². The van der Waals surface area contributed by atoms with Gasteiger partial charge in [-0.1, -0.05) is 12.1 Å². The second-order valence-electron chi connectivity index (χ2n) is 4.80. The Morgan fingerprint density at radius 3 is 2.80 bits per heavy atom. The van der Waals surface area contributed by atoms with Gasteiger partial charge in [0.05, 0.1) is 9.47 Å². The van der Waals surface area contributed by atoms with E-state index in [2.05, 4.69) is 32.7 Å². The average molecular weight is 357 g/mol. The Hall–Kier alpha value is -0.910. The van der Waals surface area contributed by atoms with Gasteiger partial charge in [-0.2, -0.15) is 0 Å². The molecule has 0 amide bonds. The lowest BCUT2D eigenvalue weighted by Gasteiger charge is -2.25. The van der Waals surface area contributed by atoms with E-state index in [1.807, 2.05) is 32.0 Å². The van der Waals surface area contributed by atoms with E-state index in [0.717, 1.165) is 9.35 Å². The van der Waals surface area contributed by atoms with Crippen LogP contribution in [-0.4, -0.2) is 14.1 Å². The Balaban J connectivity index is 2.30. The van der Waals surface area contributed by atoms with Gasteiger partial charge in [0.25, 0.3) is 0 Å². The van der Waals surface area contributed by atoms with Crippen molar-refractivity contribution in [1.29, 1.82) is 0 Å². The molecule has 2 rings (SSSR count). The van der Waals surface area contributed by atoms with E-state index in [0.29, 0.717) is 12.2 Å². The molecule has 1 atom stereocenters. The molecule has 1 aromatic carbocycles. The Morgan fingerprint density at radius 2 is 2.20 bits per heavy atom. The van der Waals surface area contributed by atoms with Crippen LogP contribution in [-0.2, 0) is 6.54 Å². The first-order valence-electron chi connectivity index (χ1n) is 6.42. The molecule has 0 aliphatic rings. The molecule has 108 valence electrons. The molecule has 0 fully saturated rings. The van der Waals surface area contributed by atoms with Crippen LogP contribution in [0.15, 0.2) is 33.4 Å². The smallest absolute Gasteiger partial charge is 0.146 e. The Morgan fingerprint density at radius 1 is 1.45 bits per heavy atom. The number of anilines is 1. The third kappa shape index (κ3) is 3.40. The summed E-state index contributed by atoms with van der Waals surface area (Å²) in [5, 5.41) is 5.26. The highest BCUT2D eigenvalue weighted by Gasteiger charge is 2.17. The molecule has 5 heteroatoms. The monoisotopic (exact) mass is 356 g/mol. The number of hydrogen-bond donors (Lipinski definition) is 1. The zero-order valence-corrected chi connectivity index (χ0v) is 14.2. The molecule has 0 spiro atoms. The Bertz CT molecular complexity index is 585. The summed E-state index contributed by atoms with van der Waals surface area (Å²) in [7, 11) is 3.81. The number of halogens is 2. The maximum absolute atomic E-state index is 14.2. The summed E-state index contributed by atoms with van der Waals surface area (Å²) >= 11 is 5.10. The maximum Gasteiger partial charge on any atom is 0.146 e. The predicted octanol–water partition coefficient (Wildman–Crippen LogP) is 4.57. The van der Waals surface area contributed by atoms with Gasteiger partial charge in [-0.05, 0) is 58.5 Å². The number of thiophene rings is 1. The minimum Gasteiger partial charge on any atom is -0.368 e. The summed E-state index contributed by atoms with van der Waals surface area (Å²) in [4.78, 5) is 1.97.